The molecule has 0 atom stereocenters. The number of para-hydroxylation sites is 1. The first-order chi connectivity index (χ1) is 14.4. The van der Waals surface area contributed by atoms with Gasteiger partial charge in [0.15, 0.2) is 6.61 Å². The molecule has 3 rings (SSSR count). The van der Waals surface area contributed by atoms with E-state index in [-0.39, 0.29) is 24.0 Å². The number of sulfonamides is 1. The van der Waals surface area contributed by atoms with Gasteiger partial charge in [0, 0.05) is 19.3 Å². The highest BCUT2D eigenvalue weighted by atomic mass is 79.9. The van der Waals surface area contributed by atoms with Crippen molar-refractivity contribution in [1.82, 2.24) is 4.31 Å². The maximum atomic E-state index is 12.8. The third-order valence-electron chi connectivity index (χ3n) is 4.29. The van der Waals surface area contributed by atoms with Gasteiger partial charge in [-0.2, -0.15) is 4.31 Å². The number of benzene rings is 3. The van der Waals surface area contributed by atoms with Gasteiger partial charge in [0.2, 0.25) is 10.0 Å². The number of carbonyl (C=O) groups excluding carboxylic acids is 1. The second kappa shape index (κ2) is 9.88. The second-order valence-electron chi connectivity index (χ2n) is 6.54. The Hall–Kier alpha value is -2.68. The molecule has 0 saturated carbocycles. The number of carbonyl (C=O) groups is 1. The highest BCUT2D eigenvalue weighted by molar-refractivity contribution is 9.10. The maximum absolute atomic E-state index is 12.8. The number of rotatable bonds is 8. The van der Waals surface area contributed by atoms with Crippen molar-refractivity contribution in [3.63, 3.8) is 0 Å². The zero-order chi connectivity index (χ0) is 21.6. The minimum Gasteiger partial charge on any atom is -0.483 e. The van der Waals surface area contributed by atoms with E-state index < -0.39 is 10.0 Å². The van der Waals surface area contributed by atoms with Gasteiger partial charge in [0.05, 0.1) is 9.37 Å². The van der Waals surface area contributed by atoms with Gasteiger partial charge >= 0.3 is 0 Å². The van der Waals surface area contributed by atoms with Gasteiger partial charge < -0.3 is 10.1 Å². The summed E-state index contributed by atoms with van der Waals surface area (Å²) in [6.07, 6.45) is 0. The van der Waals surface area contributed by atoms with E-state index in [2.05, 4.69) is 21.2 Å². The molecule has 1 N–H and O–H groups in total. The van der Waals surface area contributed by atoms with Crippen LogP contribution in [0.15, 0.2) is 88.2 Å². The number of amides is 1. The molecule has 0 aliphatic rings. The fraction of sp³-hybridized carbons (Fsp3) is 0.136. The summed E-state index contributed by atoms with van der Waals surface area (Å²) in [5.74, 6) is 0.220. The Bertz CT molecular complexity index is 1100. The van der Waals surface area contributed by atoms with Crippen molar-refractivity contribution in [2.24, 2.45) is 0 Å². The Morgan fingerprint density at radius 3 is 2.27 bits per heavy atom. The van der Waals surface area contributed by atoms with Gasteiger partial charge in [-0.3, -0.25) is 4.79 Å². The Labute approximate surface area is 184 Å². The largest absolute Gasteiger partial charge is 0.483 e. The fourth-order valence-electron chi connectivity index (χ4n) is 2.72. The Kier molecular flexibility index (Phi) is 7.25. The lowest BCUT2D eigenvalue weighted by Crippen LogP contribution is -2.26. The van der Waals surface area contributed by atoms with Crippen LogP contribution in [0.5, 0.6) is 5.75 Å². The van der Waals surface area contributed by atoms with E-state index in [0.717, 1.165) is 10.0 Å². The van der Waals surface area contributed by atoms with Gasteiger partial charge in [-0.05, 0) is 57.9 Å². The molecule has 0 saturated heterocycles. The van der Waals surface area contributed by atoms with Gasteiger partial charge in [-0.25, -0.2) is 8.42 Å². The van der Waals surface area contributed by atoms with Gasteiger partial charge in [0.1, 0.15) is 5.75 Å². The van der Waals surface area contributed by atoms with Crippen LogP contribution >= 0.6 is 15.9 Å². The van der Waals surface area contributed by atoms with Crippen molar-refractivity contribution >= 4 is 37.5 Å². The summed E-state index contributed by atoms with van der Waals surface area (Å²) >= 11 is 3.35. The van der Waals surface area contributed by atoms with E-state index in [4.69, 9.17) is 4.74 Å². The number of nitrogens with one attached hydrogen (secondary N) is 1. The van der Waals surface area contributed by atoms with Crippen molar-refractivity contribution in [2.45, 2.75) is 11.4 Å². The van der Waals surface area contributed by atoms with Crippen LogP contribution in [0.25, 0.3) is 0 Å². The molecule has 156 valence electrons. The topological polar surface area (TPSA) is 75.7 Å². The molecule has 0 unspecified atom stereocenters. The van der Waals surface area contributed by atoms with Crippen LogP contribution in [-0.4, -0.2) is 32.3 Å². The summed E-state index contributed by atoms with van der Waals surface area (Å²) in [6, 6.07) is 22.7. The number of hydrogen-bond acceptors (Lipinski definition) is 4. The fourth-order valence-corrected chi connectivity index (χ4v) is 4.28. The summed E-state index contributed by atoms with van der Waals surface area (Å²) < 4.78 is 33.1. The van der Waals surface area contributed by atoms with Crippen LogP contribution in [0.3, 0.4) is 0 Å². The normalized spacial score (nSPS) is 11.3. The van der Waals surface area contributed by atoms with Crippen LogP contribution in [0.1, 0.15) is 5.56 Å². The van der Waals surface area contributed by atoms with E-state index in [1.807, 2.05) is 48.5 Å². The summed E-state index contributed by atoms with van der Waals surface area (Å²) in [7, 11) is -2.10. The average Bonchev–Trinajstić information content (AvgIpc) is 2.74. The molecule has 1 amide bonds. The van der Waals surface area contributed by atoms with Crippen molar-refractivity contribution < 1.29 is 17.9 Å². The quantitative estimate of drug-likeness (QED) is 0.513. The number of hydrogen-bond donors (Lipinski definition) is 1. The highest BCUT2D eigenvalue weighted by Crippen LogP contribution is 2.24. The molecular formula is C22H21BrN2O4S. The molecule has 30 heavy (non-hydrogen) atoms. The van der Waals surface area contributed by atoms with Crippen molar-refractivity contribution in [3.05, 3.63) is 88.9 Å². The lowest BCUT2D eigenvalue weighted by atomic mass is 10.2. The standard InChI is InChI=1S/C22H21BrN2O4S/c1-25(15-17-7-3-2-4-8-17)30(27,28)19-13-11-18(12-14-19)24-22(26)16-29-21-10-6-5-9-20(21)23/h2-14H,15-16H2,1H3,(H,24,26). The lowest BCUT2D eigenvalue weighted by molar-refractivity contribution is -0.118. The van der Waals surface area contributed by atoms with Gasteiger partial charge in [-0.15, -0.1) is 0 Å². The number of ether oxygens (including phenoxy) is 1. The third-order valence-corrected chi connectivity index (χ3v) is 6.76. The molecule has 0 spiro atoms. The minimum atomic E-state index is -3.64. The van der Waals surface area contributed by atoms with E-state index in [1.54, 1.807) is 18.2 Å². The maximum Gasteiger partial charge on any atom is 0.262 e. The first kappa shape index (κ1) is 22.0. The number of halogens is 1. The second-order valence-corrected chi connectivity index (χ2v) is 9.44. The van der Waals surface area contributed by atoms with E-state index in [1.165, 1.54) is 23.5 Å². The summed E-state index contributed by atoms with van der Waals surface area (Å²) in [4.78, 5) is 12.3. The average molecular weight is 489 g/mol. The lowest BCUT2D eigenvalue weighted by Gasteiger charge is -2.17. The van der Waals surface area contributed by atoms with E-state index in [0.29, 0.717) is 11.4 Å². The zero-order valence-electron chi connectivity index (χ0n) is 16.3. The Balaban J connectivity index is 1.59. The molecule has 0 radical (unpaired) electrons. The van der Waals surface area contributed by atoms with Crippen LogP contribution in [-0.2, 0) is 21.4 Å². The monoisotopic (exact) mass is 488 g/mol. The summed E-state index contributed by atoms with van der Waals surface area (Å²) in [6.45, 7) is 0.108. The first-order valence-electron chi connectivity index (χ1n) is 9.14. The molecular weight excluding hydrogens is 468 g/mol. The highest BCUT2D eigenvalue weighted by Gasteiger charge is 2.21. The molecule has 0 aromatic heterocycles. The predicted octanol–water partition coefficient (Wildman–Crippen LogP) is 4.29. The van der Waals surface area contributed by atoms with Crippen molar-refractivity contribution in [3.8, 4) is 5.75 Å². The molecule has 0 bridgehead atoms. The third kappa shape index (κ3) is 5.69. The Morgan fingerprint density at radius 2 is 1.60 bits per heavy atom. The van der Waals surface area contributed by atoms with Crippen LogP contribution in [0.2, 0.25) is 0 Å². The number of anilines is 1. The Morgan fingerprint density at radius 1 is 0.967 bits per heavy atom. The molecule has 0 aliphatic carbocycles. The van der Waals surface area contributed by atoms with Gasteiger partial charge in [0.25, 0.3) is 5.91 Å². The van der Waals surface area contributed by atoms with Crippen LogP contribution < -0.4 is 10.1 Å². The van der Waals surface area contributed by atoms with E-state index >= 15 is 0 Å². The minimum absolute atomic E-state index is 0.156. The molecule has 8 heteroatoms. The predicted molar refractivity (Wildman–Crippen MR) is 120 cm³/mol. The smallest absolute Gasteiger partial charge is 0.262 e. The first-order valence-corrected chi connectivity index (χ1v) is 11.4. The summed E-state index contributed by atoms with van der Waals surface area (Å²) in [5, 5.41) is 2.69. The zero-order valence-corrected chi connectivity index (χ0v) is 18.7. The molecule has 0 fully saturated rings. The molecule has 0 heterocycles. The van der Waals surface area contributed by atoms with E-state index in [9.17, 15) is 13.2 Å². The van der Waals surface area contributed by atoms with Crippen LogP contribution in [0.4, 0.5) is 5.69 Å². The number of nitrogens with zero attached hydrogens (tertiary/aromatic N) is 1. The molecule has 3 aromatic rings. The van der Waals surface area contributed by atoms with Gasteiger partial charge in [-0.1, -0.05) is 42.5 Å². The molecule has 0 aliphatic heterocycles. The SMILES string of the molecule is CN(Cc1ccccc1)S(=O)(=O)c1ccc(NC(=O)COc2ccccc2Br)cc1. The molecule has 3 aromatic carbocycles. The summed E-state index contributed by atoms with van der Waals surface area (Å²) in [5.41, 5.74) is 1.39. The molecule has 6 nitrogen and oxygen atoms in total. The van der Waals surface area contributed by atoms with Crippen molar-refractivity contribution in [1.29, 1.82) is 0 Å². The van der Waals surface area contributed by atoms with Crippen LogP contribution in [0, 0.1) is 0 Å². The van der Waals surface area contributed by atoms with Crippen molar-refractivity contribution in [2.75, 3.05) is 19.0 Å².